The number of alkyl halides is 1. The molecular formula is C10H12FNO2. The van der Waals surface area contributed by atoms with Gasteiger partial charge in [-0.1, -0.05) is 6.07 Å². The van der Waals surface area contributed by atoms with E-state index in [9.17, 15) is 9.18 Å². The van der Waals surface area contributed by atoms with E-state index in [1.54, 1.807) is 24.3 Å². The summed E-state index contributed by atoms with van der Waals surface area (Å²) in [7, 11) is 0. The summed E-state index contributed by atoms with van der Waals surface area (Å²) in [5, 5.41) is 2.61. The second-order valence-corrected chi connectivity index (χ2v) is 2.75. The second kappa shape index (κ2) is 5.21. The van der Waals surface area contributed by atoms with Gasteiger partial charge in [-0.05, 0) is 12.1 Å². The van der Waals surface area contributed by atoms with Crippen molar-refractivity contribution in [3.05, 3.63) is 24.3 Å². The van der Waals surface area contributed by atoms with Crippen LogP contribution in [-0.2, 0) is 4.79 Å². The van der Waals surface area contributed by atoms with E-state index in [1.807, 2.05) is 0 Å². The molecule has 0 spiro atoms. The molecule has 0 atom stereocenters. The lowest BCUT2D eigenvalue weighted by atomic mass is 10.3. The van der Waals surface area contributed by atoms with Gasteiger partial charge in [-0.3, -0.25) is 4.79 Å². The summed E-state index contributed by atoms with van der Waals surface area (Å²) >= 11 is 0. The number of halogens is 1. The number of hydrogen-bond donors (Lipinski definition) is 1. The van der Waals surface area contributed by atoms with E-state index in [2.05, 4.69) is 5.32 Å². The molecule has 0 bridgehead atoms. The van der Waals surface area contributed by atoms with Crippen molar-refractivity contribution in [3.8, 4) is 5.75 Å². The Morgan fingerprint density at radius 2 is 2.36 bits per heavy atom. The Labute approximate surface area is 81.9 Å². The van der Waals surface area contributed by atoms with Crippen LogP contribution >= 0.6 is 0 Å². The van der Waals surface area contributed by atoms with Crippen molar-refractivity contribution in [3.63, 3.8) is 0 Å². The van der Waals surface area contributed by atoms with Gasteiger partial charge >= 0.3 is 0 Å². The van der Waals surface area contributed by atoms with Crippen molar-refractivity contribution in [1.29, 1.82) is 0 Å². The van der Waals surface area contributed by atoms with E-state index in [-0.39, 0.29) is 12.5 Å². The second-order valence-electron chi connectivity index (χ2n) is 2.75. The van der Waals surface area contributed by atoms with E-state index in [0.29, 0.717) is 11.4 Å². The van der Waals surface area contributed by atoms with Crippen LogP contribution in [0.4, 0.5) is 10.1 Å². The maximum atomic E-state index is 11.8. The lowest BCUT2D eigenvalue weighted by Gasteiger charge is -2.06. The van der Waals surface area contributed by atoms with Crippen molar-refractivity contribution in [1.82, 2.24) is 0 Å². The van der Waals surface area contributed by atoms with Crippen molar-refractivity contribution >= 4 is 11.6 Å². The smallest absolute Gasteiger partial charge is 0.221 e. The molecule has 1 amide bonds. The molecule has 0 aliphatic heterocycles. The molecule has 76 valence electrons. The van der Waals surface area contributed by atoms with E-state index in [1.165, 1.54) is 6.92 Å². The first-order chi connectivity index (χ1) is 6.72. The molecule has 0 radical (unpaired) electrons. The molecular weight excluding hydrogens is 185 g/mol. The highest BCUT2D eigenvalue weighted by atomic mass is 19.1. The summed E-state index contributed by atoms with van der Waals surface area (Å²) in [5.41, 5.74) is 0.647. The standard InChI is InChI=1S/C10H12FNO2/c1-8(13)12-9-3-2-4-10(7-9)14-6-5-11/h2-4,7H,5-6H2,1H3,(H,12,13). The number of rotatable bonds is 4. The number of nitrogens with one attached hydrogen (secondary N) is 1. The third kappa shape index (κ3) is 3.43. The Balaban J connectivity index is 2.63. The first-order valence-electron chi connectivity index (χ1n) is 4.29. The van der Waals surface area contributed by atoms with Crippen LogP contribution in [0.15, 0.2) is 24.3 Å². The number of carbonyl (C=O) groups is 1. The third-order valence-electron chi connectivity index (χ3n) is 1.50. The number of hydrogen-bond acceptors (Lipinski definition) is 2. The van der Waals surface area contributed by atoms with Gasteiger partial charge in [0.2, 0.25) is 5.91 Å². The summed E-state index contributed by atoms with van der Waals surface area (Å²) in [5.74, 6) is 0.404. The van der Waals surface area contributed by atoms with Crippen LogP contribution in [-0.4, -0.2) is 19.2 Å². The van der Waals surface area contributed by atoms with E-state index >= 15 is 0 Å². The highest BCUT2D eigenvalue weighted by Crippen LogP contribution is 2.16. The zero-order chi connectivity index (χ0) is 10.4. The minimum atomic E-state index is -0.523. The number of amides is 1. The van der Waals surface area contributed by atoms with Crippen molar-refractivity contribution in [2.75, 3.05) is 18.6 Å². The molecule has 3 nitrogen and oxygen atoms in total. The predicted octanol–water partition coefficient (Wildman–Crippen LogP) is 1.99. The first-order valence-corrected chi connectivity index (χ1v) is 4.29. The maximum Gasteiger partial charge on any atom is 0.221 e. The fraction of sp³-hybridized carbons (Fsp3) is 0.300. The van der Waals surface area contributed by atoms with E-state index < -0.39 is 6.67 Å². The van der Waals surface area contributed by atoms with Crippen LogP contribution in [0, 0.1) is 0 Å². The maximum absolute atomic E-state index is 11.8. The number of anilines is 1. The lowest BCUT2D eigenvalue weighted by molar-refractivity contribution is -0.114. The Kier molecular flexibility index (Phi) is 3.91. The van der Waals surface area contributed by atoms with E-state index in [4.69, 9.17) is 4.74 Å². The van der Waals surface area contributed by atoms with Crippen LogP contribution in [0.3, 0.4) is 0 Å². The Bertz CT molecular complexity index is 315. The predicted molar refractivity (Wildman–Crippen MR) is 52.2 cm³/mol. The highest BCUT2D eigenvalue weighted by molar-refractivity contribution is 5.88. The van der Waals surface area contributed by atoms with Gasteiger partial charge in [-0.15, -0.1) is 0 Å². The van der Waals surface area contributed by atoms with Crippen molar-refractivity contribution in [2.45, 2.75) is 6.92 Å². The molecule has 1 N–H and O–H groups in total. The van der Waals surface area contributed by atoms with Gasteiger partial charge in [-0.25, -0.2) is 4.39 Å². The SMILES string of the molecule is CC(=O)Nc1cccc(OCCF)c1. The monoisotopic (exact) mass is 197 g/mol. The van der Waals surface area contributed by atoms with Crippen LogP contribution in [0.5, 0.6) is 5.75 Å². The van der Waals surface area contributed by atoms with Crippen LogP contribution in [0.2, 0.25) is 0 Å². The highest BCUT2D eigenvalue weighted by Gasteiger charge is 1.97. The summed E-state index contributed by atoms with van der Waals surface area (Å²) < 4.78 is 16.8. The molecule has 1 aromatic rings. The van der Waals surface area contributed by atoms with Crippen LogP contribution in [0.1, 0.15) is 6.92 Å². The molecule has 0 saturated carbocycles. The number of ether oxygens (including phenoxy) is 1. The molecule has 4 heteroatoms. The van der Waals surface area contributed by atoms with Gasteiger partial charge in [0.1, 0.15) is 19.0 Å². The lowest BCUT2D eigenvalue weighted by Crippen LogP contribution is -2.06. The molecule has 0 unspecified atom stereocenters. The first kappa shape index (κ1) is 10.5. The number of carbonyl (C=O) groups excluding carboxylic acids is 1. The third-order valence-corrected chi connectivity index (χ3v) is 1.50. The fourth-order valence-electron chi connectivity index (χ4n) is 1.02. The Morgan fingerprint density at radius 3 is 3.00 bits per heavy atom. The molecule has 1 aromatic carbocycles. The summed E-state index contributed by atoms with van der Waals surface area (Å²) in [4.78, 5) is 10.7. The Morgan fingerprint density at radius 1 is 1.57 bits per heavy atom. The fourth-order valence-corrected chi connectivity index (χ4v) is 1.02. The average molecular weight is 197 g/mol. The Hall–Kier alpha value is -1.58. The van der Waals surface area contributed by atoms with Gasteiger partial charge in [0.05, 0.1) is 0 Å². The summed E-state index contributed by atoms with van der Waals surface area (Å²) in [6, 6.07) is 6.83. The van der Waals surface area contributed by atoms with Crippen LogP contribution < -0.4 is 10.1 Å². The molecule has 1 rings (SSSR count). The van der Waals surface area contributed by atoms with Gasteiger partial charge in [0.15, 0.2) is 0 Å². The molecule has 14 heavy (non-hydrogen) atoms. The minimum absolute atomic E-state index is 0.0313. The molecule has 0 saturated heterocycles. The zero-order valence-electron chi connectivity index (χ0n) is 7.92. The topological polar surface area (TPSA) is 38.3 Å². The number of benzene rings is 1. The summed E-state index contributed by atoms with van der Waals surface area (Å²) in [6.45, 7) is 0.934. The summed E-state index contributed by atoms with van der Waals surface area (Å²) in [6.07, 6.45) is 0. The molecule has 0 fully saturated rings. The molecule has 0 heterocycles. The van der Waals surface area contributed by atoms with Gasteiger partial charge < -0.3 is 10.1 Å². The van der Waals surface area contributed by atoms with Gasteiger partial charge in [0, 0.05) is 18.7 Å². The normalized spacial score (nSPS) is 9.57. The van der Waals surface area contributed by atoms with Gasteiger partial charge in [0.25, 0.3) is 0 Å². The van der Waals surface area contributed by atoms with E-state index in [0.717, 1.165) is 0 Å². The zero-order valence-corrected chi connectivity index (χ0v) is 7.92. The largest absolute Gasteiger partial charge is 0.491 e. The molecule has 0 aromatic heterocycles. The molecule has 0 aliphatic rings. The van der Waals surface area contributed by atoms with Crippen molar-refractivity contribution < 1.29 is 13.9 Å². The van der Waals surface area contributed by atoms with Crippen LogP contribution in [0.25, 0.3) is 0 Å². The minimum Gasteiger partial charge on any atom is -0.491 e. The quantitative estimate of drug-likeness (QED) is 0.801. The van der Waals surface area contributed by atoms with Gasteiger partial charge in [-0.2, -0.15) is 0 Å². The van der Waals surface area contributed by atoms with Crippen molar-refractivity contribution in [2.24, 2.45) is 0 Å². The average Bonchev–Trinajstić information content (AvgIpc) is 2.14. The molecule has 0 aliphatic carbocycles.